The summed E-state index contributed by atoms with van der Waals surface area (Å²) in [6.45, 7) is 0.800. The van der Waals surface area contributed by atoms with Gasteiger partial charge < -0.3 is 9.88 Å². The van der Waals surface area contributed by atoms with Gasteiger partial charge in [-0.2, -0.15) is 0 Å². The molecular weight excluding hydrogens is 272 g/mol. The third kappa shape index (κ3) is 2.19. The average Bonchev–Trinajstić information content (AvgIpc) is 2.77. The number of pyridine rings is 1. The lowest BCUT2D eigenvalue weighted by Gasteiger charge is -2.22. The van der Waals surface area contributed by atoms with Crippen LogP contribution in [0.15, 0.2) is 23.1 Å². The number of aromatic amines is 1. The Labute approximate surface area is 102 Å². The normalized spacial score (nSPS) is 20.1. The Bertz CT molecular complexity index is 423. The highest BCUT2D eigenvalue weighted by Gasteiger charge is 2.28. The van der Waals surface area contributed by atoms with E-state index in [1.165, 1.54) is 12.3 Å². The monoisotopic (exact) mass is 284 g/mol. The number of carbonyl (C=O) groups is 1. The number of halogens is 1. The van der Waals surface area contributed by atoms with Crippen molar-refractivity contribution in [3.05, 3.63) is 34.2 Å². The van der Waals surface area contributed by atoms with Crippen molar-refractivity contribution in [1.29, 1.82) is 0 Å². The molecule has 1 N–H and O–H groups in total. The molecule has 1 aliphatic rings. The number of rotatable bonds is 2. The van der Waals surface area contributed by atoms with Gasteiger partial charge in [0, 0.05) is 30.2 Å². The molecule has 0 spiro atoms. The van der Waals surface area contributed by atoms with E-state index >= 15 is 0 Å². The van der Waals surface area contributed by atoms with Crippen molar-refractivity contribution in [3.8, 4) is 0 Å². The first-order valence-electron chi connectivity index (χ1n) is 5.28. The molecule has 1 fully saturated rings. The van der Waals surface area contributed by atoms with Gasteiger partial charge in [-0.1, -0.05) is 15.9 Å². The molecule has 1 amide bonds. The molecule has 1 aromatic heterocycles. The summed E-state index contributed by atoms with van der Waals surface area (Å²) in [5, 5.41) is 0.808. The van der Waals surface area contributed by atoms with Crippen molar-refractivity contribution in [1.82, 2.24) is 9.88 Å². The summed E-state index contributed by atoms with van der Waals surface area (Å²) in [6, 6.07) is 3.23. The minimum absolute atomic E-state index is 0.00167. The van der Waals surface area contributed by atoms with Crippen molar-refractivity contribution in [3.63, 3.8) is 0 Å². The van der Waals surface area contributed by atoms with Crippen LogP contribution in [0.25, 0.3) is 0 Å². The highest BCUT2D eigenvalue weighted by Crippen LogP contribution is 2.20. The van der Waals surface area contributed by atoms with E-state index in [9.17, 15) is 9.59 Å². The Hall–Kier alpha value is -1.10. The standard InChI is InChI=1S/C11H13BrN2O2/c12-6-9-2-1-5-14(9)11(16)8-3-4-10(15)13-7-8/h3-4,7,9H,1-2,5-6H2,(H,13,15). The minimum atomic E-state index is -0.185. The first kappa shape index (κ1) is 11.4. The van der Waals surface area contributed by atoms with E-state index in [0.717, 1.165) is 24.7 Å². The van der Waals surface area contributed by atoms with Crippen molar-refractivity contribution in [2.75, 3.05) is 11.9 Å². The number of nitrogens with zero attached hydrogens (tertiary/aromatic N) is 1. The maximum Gasteiger partial charge on any atom is 0.255 e. The summed E-state index contributed by atoms with van der Waals surface area (Å²) < 4.78 is 0. The third-order valence-corrected chi connectivity index (χ3v) is 3.59. The third-order valence-electron chi connectivity index (χ3n) is 2.85. The van der Waals surface area contributed by atoms with E-state index in [1.54, 1.807) is 6.07 Å². The maximum atomic E-state index is 12.1. The lowest BCUT2D eigenvalue weighted by Crippen LogP contribution is -2.36. The summed E-state index contributed by atoms with van der Waals surface area (Å²) in [5.41, 5.74) is 0.363. The summed E-state index contributed by atoms with van der Waals surface area (Å²) in [4.78, 5) is 27.4. The Kier molecular flexibility index (Phi) is 3.43. The van der Waals surface area contributed by atoms with Crippen molar-refractivity contribution >= 4 is 21.8 Å². The smallest absolute Gasteiger partial charge is 0.255 e. The molecule has 4 nitrogen and oxygen atoms in total. The van der Waals surface area contributed by atoms with Gasteiger partial charge in [0.2, 0.25) is 5.56 Å². The van der Waals surface area contributed by atoms with Gasteiger partial charge >= 0.3 is 0 Å². The number of aromatic nitrogens is 1. The fourth-order valence-corrected chi connectivity index (χ4v) is 2.65. The van der Waals surface area contributed by atoms with Gasteiger partial charge in [-0.05, 0) is 18.9 Å². The molecule has 16 heavy (non-hydrogen) atoms. The maximum absolute atomic E-state index is 12.1. The first-order chi connectivity index (χ1) is 7.72. The predicted octanol–water partition coefficient (Wildman–Crippen LogP) is 1.37. The molecule has 1 unspecified atom stereocenters. The fraction of sp³-hybridized carbons (Fsp3) is 0.455. The average molecular weight is 285 g/mol. The number of nitrogens with one attached hydrogen (secondary N) is 1. The van der Waals surface area contributed by atoms with Crippen LogP contribution < -0.4 is 5.56 Å². The zero-order valence-electron chi connectivity index (χ0n) is 8.78. The zero-order valence-corrected chi connectivity index (χ0v) is 10.4. The number of hydrogen-bond donors (Lipinski definition) is 1. The largest absolute Gasteiger partial charge is 0.335 e. The molecule has 86 valence electrons. The van der Waals surface area contributed by atoms with Crippen molar-refractivity contribution < 1.29 is 4.79 Å². The molecule has 1 saturated heterocycles. The molecule has 2 heterocycles. The Balaban J connectivity index is 2.18. The molecule has 0 aliphatic carbocycles. The lowest BCUT2D eigenvalue weighted by atomic mass is 10.2. The highest BCUT2D eigenvalue weighted by molar-refractivity contribution is 9.09. The molecule has 1 aromatic rings. The topological polar surface area (TPSA) is 53.2 Å². The molecule has 0 bridgehead atoms. The van der Waals surface area contributed by atoms with Gasteiger partial charge in [-0.25, -0.2) is 0 Å². The number of likely N-dealkylation sites (tertiary alicyclic amines) is 1. The molecule has 0 radical (unpaired) electrons. The lowest BCUT2D eigenvalue weighted by molar-refractivity contribution is 0.0750. The molecule has 1 atom stereocenters. The second-order valence-electron chi connectivity index (χ2n) is 3.89. The van der Waals surface area contributed by atoms with Gasteiger partial charge in [0.25, 0.3) is 5.91 Å². The van der Waals surface area contributed by atoms with Gasteiger partial charge in [0.15, 0.2) is 0 Å². The second-order valence-corrected chi connectivity index (χ2v) is 4.54. The van der Waals surface area contributed by atoms with Crippen molar-refractivity contribution in [2.24, 2.45) is 0 Å². The van der Waals surface area contributed by atoms with Gasteiger partial charge in [-0.15, -0.1) is 0 Å². The second kappa shape index (κ2) is 4.82. The molecular formula is C11H13BrN2O2. The Morgan fingerprint density at radius 1 is 1.56 bits per heavy atom. The van der Waals surface area contributed by atoms with Crippen LogP contribution in [0.2, 0.25) is 0 Å². The quantitative estimate of drug-likeness (QED) is 0.834. The number of alkyl halides is 1. The van der Waals surface area contributed by atoms with Crippen LogP contribution in [0.5, 0.6) is 0 Å². The SMILES string of the molecule is O=C(c1ccc(=O)[nH]c1)N1CCCC1CBr. The summed E-state index contributed by atoms with van der Waals surface area (Å²) in [6.07, 6.45) is 3.57. The Morgan fingerprint density at radius 3 is 3.00 bits per heavy atom. The molecule has 0 saturated carbocycles. The van der Waals surface area contributed by atoms with E-state index in [4.69, 9.17) is 0 Å². The Morgan fingerprint density at radius 2 is 2.38 bits per heavy atom. The van der Waals surface area contributed by atoms with E-state index in [-0.39, 0.29) is 17.5 Å². The number of H-pyrrole nitrogens is 1. The van der Waals surface area contributed by atoms with Crippen LogP contribution in [-0.2, 0) is 0 Å². The van der Waals surface area contributed by atoms with Crippen LogP contribution in [-0.4, -0.2) is 33.7 Å². The van der Waals surface area contributed by atoms with Crippen LogP contribution in [0, 0.1) is 0 Å². The van der Waals surface area contributed by atoms with Gasteiger partial charge in [0.05, 0.1) is 5.56 Å². The van der Waals surface area contributed by atoms with Crippen LogP contribution in [0.3, 0.4) is 0 Å². The molecule has 1 aliphatic heterocycles. The highest BCUT2D eigenvalue weighted by atomic mass is 79.9. The van der Waals surface area contributed by atoms with Crippen LogP contribution in [0.4, 0.5) is 0 Å². The number of hydrogen-bond acceptors (Lipinski definition) is 2. The summed E-state index contributed by atoms with van der Waals surface area (Å²) in [5.74, 6) is -0.00167. The number of amides is 1. The predicted molar refractivity (Wildman–Crippen MR) is 64.9 cm³/mol. The molecule has 0 aromatic carbocycles. The van der Waals surface area contributed by atoms with Crippen LogP contribution >= 0.6 is 15.9 Å². The minimum Gasteiger partial charge on any atom is -0.335 e. The van der Waals surface area contributed by atoms with E-state index < -0.39 is 0 Å². The van der Waals surface area contributed by atoms with Gasteiger partial charge in [-0.3, -0.25) is 9.59 Å². The van der Waals surface area contributed by atoms with E-state index in [1.807, 2.05) is 4.90 Å². The van der Waals surface area contributed by atoms with Crippen molar-refractivity contribution in [2.45, 2.75) is 18.9 Å². The van der Waals surface area contributed by atoms with E-state index in [2.05, 4.69) is 20.9 Å². The zero-order chi connectivity index (χ0) is 11.5. The van der Waals surface area contributed by atoms with Crippen LogP contribution in [0.1, 0.15) is 23.2 Å². The summed E-state index contributed by atoms with van der Waals surface area (Å²) in [7, 11) is 0. The fourth-order valence-electron chi connectivity index (χ4n) is 1.97. The van der Waals surface area contributed by atoms with E-state index in [0.29, 0.717) is 5.56 Å². The number of carbonyl (C=O) groups excluding carboxylic acids is 1. The summed E-state index contributed by atoms with van der Waals surface area (Å²) >= 11 is 3.42. The van der Waals surface area contributed by atoms with Gasteiger partial charge in [0.1, 0.15) is 0 Å². The molecule has 5 heteroatoms. The molecule has 2 rings (SSSR count). The first-order valence-corrected chi connectivity index (χ1v) is 6.40.